The molecule has 14 heavy (non-hydrogen) atoms. The van der Waals surface area contributed by atoms with Crippen LogP contribution in [0.3, 0.4) is 0 Å². The van der Waals surface area contributed by atoms with Crippen LogP contribution in [0.15, 0.2) is 0 Å². The van der Waals surface area contributed by atoms with Crippen LogP contribution in [0.2, 0.25) is 0 Å². The van der Waals surface area contributed by atoms with Gasteiger partial charge in [0.25, 0.3) is 0 Å². The molecule has 0 bridgehead atoms. The molecule has 1 rings (SSSR count). The summed E-state index contributed by atoms with van der Waals surface area (Å²) in [5.41, 5.74) is 0. The third-order valence-electron chi connectivity index (χ3n) is 2.05. The molecule has 82 valence electrons. The lowest BCUT2D eigenvalue weighted by Gasteiger charge is -2.38. The summed E-state index contributed by atoms with van der Waals surface area (Å²) in [7, 11) is 0. The summed E-state index contributed by atoms with van der Waals surface area (Å²) in [5, 5.41) is 17.7. The number of hydrogen-bond acceptors (Lipinski definition) is 5. The number of carbonyl (C=O) groups is 1. The molecule has 5 nitrogen and oxygen atoms in total. The predicted octanol–water partition coefficient (Wildman–Crippen LogP) is -0.377. The van der Waals surface area contributed by atoms with E-state index >= 15 is 0 Å². The average molecular weight is 225 g/mol. The highest BCUT2D eigenvalue weighted by Gasteiger charge is 2.43. The molecule has 0 spiro atoms. The SMILES string of the molecule is CC(=O)O[C@H]1[C@H](Cl)[C@H](O)[C@@H](O)O[C@H]1C. The Hall–Kier alpha value is -0.360. The Morgan fingerprint density at radius 3 is 2.57 bits per heavy atom. The summed E-state index contributed by atoms with van der Waals surface area (Å²) in [6.45, 7) is 2.85. The largest absolute Gasteiger partial charge is 0.458 e. The first-order valence-corrected chi connectivity index (χ1v) is 4.70. The van der Waals surface area contributed by atoms with Crippen molar-refractivity contribution in [3.8, 4) is 0 Å². The van der Waals surface area contributed by atoms with Gasteiger partial charge in [-0.15, -0.1) is 11.6 Å². The topological polar surface area (TPSA) is 76.0 Å². The van der Waals surface area contributed by atoms with E-state index in [1.165, 1.54) is 6.92 Å². The Morgan fingerprint density at radius 1 is 1.50 bits per heavy atom. The van der Waals surface area contributed by atoms with Gasteiger partial charge in [0.1, 0.15) is 17.6 Å². The lowest BCUT2D eigenvalue weighted by Crippen LogP contribution is -2.55. The predicted molar refractivity (Wildman–Crippen MR) is 47.8 cm³/mol. The van der Waals surface area contributed by atoms with Gasteiger partial charge in [-0.05, 0) is 6.92 Å². The van der Waals surface area contributed by atoms with Crippen molar-refractivity contribution in [1.29, 1.82) is 0 Å². The number of hydrogen-bond donors (Lipinski definition) is 2. The average Bonchev–Trinajstić information content (AvgIpc) is 2.09. The summed E-state index contributed by atoms with van der Waals surface area (Å²) < 4.78 is 9.79. The van der Waals surface area contributed by atoms with Gasteiger partial charge in [-0.3, -0.25) is 4.79 Å². The van der Waals surface area contributed by atoms with E-state index in [9.17, 15) is 15.0 Å². The second-order valence-corrected chi connectivity index (χ2v) is 3.74. The minimum absolute atomic E-state index is 0.500. The third kappa shape index (κ3) is 2.36. The molecule has 1 aliphatic rings. The maximum absolute atomic E-state index is 10.7. The fourth-order valence-corrected chi connectivity index (χ4v) is 1.72. The van der Waals surface area contributed by atoms with Gasteiger partial charge < -0.3 is 19.7 Å². The van der Waals surface area contributed by atoms with Gasteiger partial charge in [0.05, 0.1) is 6.10 Å². The number of rotatable bonds is 1. The molecule has 0 radical (unpaired) electrons. The van der Waals surface area contributed by atoms with Crippen molar-refractivity contribution >= 4 is 17.6 Å². The van der Waals surface area contributed by atoms with Crippen LogP contribution in [0.4, 0.5) is 0 Å². The van der Waals surface area contributed by atoms with Gasteiger partial charge in [-0.2, -0.15) is 0 Å². The molecular weight excluding hydrogens is 212 g/mol. The van der Waals surface area contributed by atoms with E-state index in [2.05, 4.69) is 0 Å². The molecule has 0 unspecified atom stereocenters. The van der Waals surface area contributed by atoms with Crippen LogP contribution in [0.25, 0.3) is 0 Å². The number of aliphatic hydroxyl groups excluding tert-OH is 2. The van der Waals surface area contributed by atoms with E-state index in [4.69, 9.17) is 21.1 Å². The lowest BCUT2D eigenvalue weighted by molar-refractivity contribution is -0.243. The molecule has 0 amide bonds. The monoisotopic (exact) mass is 224 g/mol. The first-order valence-electron chi connectivity index (χ1n) is 4.26. The van der Waals surface area contributed by atoms with E-state index in [0.717, 1.165) is 0 Å². The Morgan fingerprint density at radius 2 is 2.07 bits per heavy atom. The molecule has 1 saturated heterocycles. The molecule has 1 heterocycles. The second-order valence-electron chi connectivity index (χ2n) is 3.24. The number of ether oxygens (including phenoxy) is 2. The molecule has 0 aromatic carbocycles. The standard InChI is InChI=1S/C8H13ClO5/c1-3-7(14-4(2)10)5(9)6(11)8(12)13-3/h3,5-8,11-12H,1-2H3/t3-,5+,6-,7+,8-/m0/s1. The van der Waals surface area contributed by atoms with Crippen molar-refractivity contribution in [3.63, 3.8) is 0 Å². The third-order valence-corrected chi connectivity index (χ3v) is 2.56. The molecule has 0 aromatic rings. The van der Waals surface area contributed by atoms with Gasteiger partial charge in [0, 0.05) is 6.92 Å². The van der Waals surface area contributed by atoms with E-state index in [1.54, 1.807) is 6.92 Å². The van der Waals surface area contributed by atoms with Crippen LogP contribution in [0.5, 0.6) is 0 Å². The maximum atomic E-state index is 10.7. The van der Waals surface area contributed by atoms with Gasteiger partial charge in [0.15, 0.2) is 6.29 Å². The van der Waals surface area contributed by atoms with Crippen LogP contribution in [-0.4, -0.2) is 46.2 Å². The molecular formula is C8H13ClO5. The summed E-state index contributed by atoms with van der Waals surface area (Å²) in [4.78, 5) is 10.7. The van der Waals surface area contributed by atoms with Crippen molar-refractivity contribution < 1.29 is 24.5 Å². The Balaban J connectivity index is 2.68. The van der Waals surface area contributed by atoms with Crippen molar-refractivity contribution in [2.75, 3.05) is 0 Å². The molecule has 2 N–H and O–H groups in total. The number of halogens is 1. The van der Waals surface area contributed by atoms with Crippen LogP contribution in [0, 0.1) is 0 Å². The molecule has 5 atom stereocenters. The fourth-order valence-electron chi connectivity index (χ4n) is 1.34. The molecule has 6 heteroatoms. The minimum atomic E-state index is -1.33. The maximum Gasteiger partial charge on any atom is 0.303 e. The highest BCUT2D eigenvalue weighted by atomic mass is 35.5. The first-order chi connectivity index (χ1) is 6.43. The summed E-state index contributed by atoms with van der Waals surface area (Å²) in [6, 6.07) is 0. The first kappa shape index (κ1) is 11.7. The van der Waals surface area contributed by atoms with E-state index in [-0.39, 0.29) is 0 Å². The van der Waals surface area contributed by atoms with Crippen molar-refractivity contribution in [3.05, 3.63) is 0 Å². The Bertz CT molecular complexity index is 222. The molecule has 1 aliphatic heterocycles. The second kappa shape index (κ2) is 4.44. The van der Waals surface area contributed by atoms with Crippen molar-refractivity contribution in [2.45, 2.75) is 43.8 Å². The van der Waals surface area contributed by atoms with Crippen LogP contribution < -0.4 is 0 Å². The zero-order valence-electron chi connectivity index (χ0n) is 7.88. The smallest absolute Gasteiger partial charge is 0.303 e. The molecule has 0 saturated carbocycles. The van der Waals surface area contributed by atoms with E-state index in [1.807, 2.05) is 0 Å². The van der Waals surface area contributed by atoms with Crippen molar-refractivity contribution in [1.82, 2.24) is 0 Å². The van der Waals surface area contributed by atoms with Gasteiger partial charge in [0.2, 0.25) is 0 Å². The molecule has 0 aromatic heterocycles. The molecule has 1 fully saturated rings. The van der Waals surface area contributed by atoms with E-state index < -0.39 is 35.9 Å². The summed E-state index contributed by atoms with van der Waals surface area (Å²) in [6.07, 6.45) is -3.87. The van der Waals surface area contributed by atoms with Crippen molar-refractivity contribution in [2.24, 2.45) is 0 Å². The number of esters is 1. The van der Waals surface area contributed by atoms with Gasteiger partial charge in [-0.1, -0.05) is 0 Å². The van der Waals surface area contributed by atoms with Crippen LogP contribution in [-0.2, 0) is 14.3 Å². The van der Waals surface area contributed by atoms with Gasteiger partial charge >= 0.3 is 5.97 Å². The normalized spacial score (nSPS) is 43.4. The zero-order chi connectivity index (χ0) is 10.9. The van der Waals surface area contributed by atoms with Gasteiger partial charge in [-0.25, -0.2) is 0 Å². The van der Waals surface area contributed by atoms with Crippen LogP contribution in [0.1, 0.15) is 13.8 Å². The number of alkyl halides is 1. The minimum Gasteiger partial charge on any atom is -0.458 e. The highest BCUT2D eigenvalue weighted by Crippen LogP contribution is 2.26. The Kier molecular flexibility index (Phi) is 3.71. The Labute approximate surface area is 86.6 Å². The summed E-state index contributed by atoms with van der Waals surface area (Å²) >= 11 is 5.80. The molecule has 0 aliphatic carbocycles. The fraction of sp³-hybridized carbons (Fsp3) is 0.875. The summed E-state index contributed by atoms with van der Waals surface area (Å²) in [5.74, 6) is -0.500. The van der Waals surface area contributed by atoms with E-state index in [0.29, 0.717) is 0 Å². The van der Waals surface area contributed by atoms with Crippen LogP contribution >= 0.6 is 11.6 Å². The number of carbonyl (C=O) groups excluding carboxylic acids is 1. The quantitative estimate of drug-likeness (QED) is 0.469. The lowest BCUT2D eigenvalue weighted by atomic mass is 10.0. The number of aliphatic hydroxyl groups is 2. The zero-order valence-corrected chi connectivity index (χ0v) is 8.64. The highest BCUT2D eigenvalue weighted by molar-refractivity contribution is 6.21.